The minimum atomic E-state index is -0.780. The van der Waals surface area contributed by atoms with Crippen LogP contribution in [0.15, 0.2) is 78.9 Å². The number of ketones is 1. The van der Waals surface area contributed by atoms with Crippen molar-refractivity contribution < 1.29 is 28.2 Å². The molecule has 0 saturated heterocycles. The Morgan fingerprint density at radius 3 is 2.20 bits per heavy atom. The molecule has 6 nitrogen and oxygen atoms in total. The van der Waals surface area contributed by atoms with Gasteiger partial charge in [-0.1, -0.05) is 30.3 Å². The highest BCUT2D eigenvalue weighted by molar-refractivity contribution is 5.98. The number of amides is 1. The van der Waals surface area contributed by atoms with E-state index in [1.807, 2.05) is 30.3 Å². The summed E-state index contributed by atoms with van der Waals surface area (Å²) >= 11 is 0. The molecule has 0 unspecified atom stereocenters. The monoisotopic (exact) mass is 407 g/mol. The topological polar surface area (TPSA) is 81.7 Å². The van der Waals surface area contributed by atoms with Crippen molar-refractivity contribution in [2.45, 2.75) is 0 Å². The molecule has 0 aliphatic heterocycles. The smallest absolute Gasteiger partial charge is 0.325 e. The number of para-hydroxylation sites is 1. The Bertz CT molecular complexity index is 1030. The molecule has 0 aliphatic carbocycles. The number of hydrogen-bond acceptors (Lipinski definition) is 5. The predicted octanol–water partition coefficient (Wildman–Crippen LogP) is 3.77. The van der Waals surface area contributed by atoms with Gasteiger partial charge in [0, 0.05) is 11.1 Å². The van der Waals surface area contributed by atoms with E-state index < -0.39 is 36.6 Å². The quantitative estimate of drug-likeness (QED) is 0.454. The van der Waals surface area contributed by atoms with E-state index in [0.29, 0.717) is 17.1 Å². The minimum absolute atomic E-state index is 0.102. The van der Waals surface area contributed by atoms with Gasteiger partial charge in [-0.25, -0.2) is 4.39 Å². The second-order valence-corrected chi connectivity index (χ2v) is 6.22. The largest absolute Gasteiger partial charge is 0.457 e. The number of rotatable bonds is 8. The summed E-state index contributed by atoms with van der Waals surface area (Å²) in [4.78, 5) is 35.8. The molecule has 0 radical (unpaired) electrons. The van der Waals surface area contributed by atoms with Crippen molar-refractivity contribution in [1.82, 2.24) is 5.32 Å². The summed E-state index contributed by atoms with van der Waals surface area (Å²) in [5.74, 6) is -1.12. The molecule has 0 atom stereocenters. The highest BCUT2D eigenvalue weighted by Gasteiger charge is 2.13. The molecule has 0 fully saturated rings. The molecule has 1 amide bonds. The number of benzene rings is 3. The third-order valence-corrected chi connectivity index (χ3v) is 4.00. The molecule has 3 rings (SSSR count). The van der Waals surface area contributed by atoms with Crippen molar-refractivity contribution in [3.8, 4) is 11.5 Å². The fourth-order valence-corrected chi connectivity index (χ4v) is 2.50. The highest BCUT2D eigenvalue weighted by Crippen LogP contribution is 2.21. The van der Waals surface area contributed by atoms with Gasteiger partial charge in [-0.3, -0.25) is 14.4 Å². The molecule has 30 heavy (non-hydrogen) atoms. The lowest BCUT2D eigenvalue weighted by Crippen LogP contribution is -2.31. The lowest BCUT2D eigenvalue weighted by atomic mass is 10.1. The first-order valence-corrected chi connectivity index (χ1v) is 9.07. The number of carbonyl (C=O) groups is 3. The Kier molecular flexibility index (Phi) is 6.89. The number of hydrogen-bond donors (Lipinski definition) is 1. The zero-order valence-corrected chi connectivity index (χ0v) is 15.8. The van der Waals surface area contributed by atoms with Crippen LogP contribution < -0.4 is 10.1 Å². The number of halogens is 1. The van der Waals surface area contributed by atoms with Crippen LogP contribution in [0.1, 0.15) is 20.7 Å². The van der Waals surface area contributed by atoms with Gasteiger partial charge >= 0.3 is 5.97 Å². The number of ether oxygens (including phenoxy) is 2. The maximum absolute atomic E-state index is 13.1. The number of carbonyl (C=O) groups excluding carboxylic acids is 3. The fraction of sp³-hybridized carbons (Fsp3) is 0.0870. The standard InChI is InChI=1S/C23H18FNO5/c24-18-6-4-5-17(13-18)21(26)15-29-22(27)14-25-23(28)16-9-11-20(12-10-16)30-19-7-2-1-3-8-19/h1-13H,14-15H2,(H,25,28). The van der Waals surface area contributed by atoms with E-state index in [1.165, 1.54) is 18.2 Å². The molecule has 3 aromatic carbocycles. The van der Waals surface area contributed by atoms with E-state index in [2.05, 4.69) is 5.32 Å². The minimum Gasteiger partial charge on any atom is -0.457 e. The Balaban J connectivity index is 1.44. The summed E-state index contributed by atoms with van der Waals surface area (Å²) in [5, 5.41) is 2.41. The maximum Gasteiger partial charge on any atom is 0.325 e. The second kappa shape index (κ2) is 9.97. The number of Topliss-reactive ketones (excluding diaryl/α,β-unsaturated/α-hetero) is 1. The van der Waals surface area contributed by atoms with Crippen LogP contribution in [0.5, 0.6) is 11.5 Å². The molecular weight excluding hydrogens is 389 g/mol. The normalized spacial score (nSPS) is 10.2. The number of nitrogens with one attached hydrogen (secondary N) is 1. The summed E-state index contributed by atoms with van der Waals surface area (Å²) in [6.45, 7) is -0.943. The van der Waals surface area contributed by atoms with Gasteiger partial charge in [-0.2, -0.15) is 0 Å². The first kappa shape index (κ1) is 20.7. The third-order valence-electron chi connectivity index (χ3n) is 4.00. The SMILES string of the molecule is O=C(CNC(=O)c1ccc(Oc2ccccc2)cc1)OCC(=O)c1cccc(F)c1. The lowest BCUT2D eigenvalue weighted by molar-refractivity contribution is -0.141. The predicted molar refractivity (Wildman–Crippen MR) is 107 cm³/mol. The van der Waals surface area contributed by atoms with Crippen molar-refractivity contribution in [2.75, 3.05) is 13.2 Å². The molecule has 0 saturated carbocycles. The van der Waals surface area contributed by atoms with Gasteiger partial charge in [0.1, 0.15) is 23.9 Å². The van der Waals surface area contributed by atoms with Crippen molar-refractivity contribution in [3.05, 3.63) is 95.8 Å². The van der Waals surface area contributed by atoms with Gasteiger partial charge in [-0.15, -0.1) is 0 Å². The van der Waals surface area contributed by atoms with Crippen LogP contribution in [-0.2, 0) is 9.53 Å². The van der Waals surface area contributed by atoms with Crippen molar-refractivity contribution in [2.24, 2.45) is 0 Å². The Labute approximate surface area is 172 Å². The average molecular weight is 407 g/mol. The first-order chi connectivity index (χ1) is 14.5. The molecule has 3 aromatic rings. The van der Waals surface area contributed by atoms with Crippen LogP contribution in [0.3, 0.4) is 0 Å². The van der Waals surface area contributed by atoms with Gasteiger partial charge < -0.3 is 14.8 Å². The van der Waals surface area contributed by atoms with Crippen LogP contribution >= 0.6 is 0 Å². The van der Waals surface area contributed by atoms with Crippen molar-refractivity contribution >= 4 is 17.7 Å². The molecule has 0 bridgehead atoms. The van der Waals surface area contributed by atoms with E-state index in [9.17, 15) is 18.8 Å². The highest BCUT2D eigenvalue weighted by atomic mass is 19.1. The van der Waals surface area contributed by atoms with E-state index >= 15 is 0 Å². The van der Waals surface area contributed by atoms with Crippen molar-refractivity contribution in [1.29, 1.82) is 0 Å². The van der Waals surface area contributed by atoms with Crippen LogP contribution in [-0.4, -0.2) is 30.8 Å². The Hall–Kier alpha value is -4.00. The van der Waals surface area contributed by atoms with Gasteiger partial charge in [0.05, 0.1) is 0 Å². The Morgan fingerprint density at radius 1 is 0.800 bits per heavy atom. The summed E-state index contributed by atoms with van der Waals surface area (Å²) in [5.41, 5.74) is 0.434. The van der Waals surface area contributed by atoms with Gasteiger partial charge in [-0.05, 0) is 48.5 Å². The van der Waals surface area contributed by atoms with Gasteiger partial charge in [0.15, 0.2) is 12.4 Å². The summed E-state index contributed by atoms with van der Waals surface area (Å²) in [6.07, 6.45) is 0. The van der Waals surface area contributed by atoms with Gasteiger partial charge in [0.2, 0.25) is 0 Å². The van der Waals surface area contributed by atoms with Crippen molar-refractivity contribution in [3.63, 3.8) is 0 Å². The molecule has 7 heteroatoms. The summed E-state index contributed by atoms with van der Waals surface area (Å²) in [7, 11) is 0. The van der Waals surface area contributed by atoms with E-state index in [0.717, 1.165) is 6.07 Å². The van der Waals surface area contributed by atoms with Gasteiger partial charge in [0.25, 0.3) is 5.91 Å². The Morgan fingerprint density at radius 2 is 1.50 bits per heavy atom. The lowest BCUT2D eigenvalue weighted by Gasteiger charge is -2.08. The zero-order chi connectivity index (χ0) is 21.3. The van der Waals surface area contributed by atoms with Crippen LogP contribution in [0.4, 0.5) is 4.39 Å². The molecule has 1 N–H and O–H groups in total. The molecule has 152 valence electrons. The number of esters is 1. The molecule has 0 spiro atoms. The molecule has 0 aromatic heterocycles. The summed E-state index contributed by atoms with van der Waals surface area (Å²) in [6, 6.07) is 20.7. The molecule has 0 heterocycles. The van der Waals surface area contributed by atoms with Crippen LogP contribution in [0.2, 0.25) is 0 Å². The average Bonchev–Trinajstić information content (AvgIpc) is 2.77. The summed E-state index contributed by atoms with van der Waals surface area (Å²) < 4.78 is 23.6. The second-order valence-electron chi connectivity index (χ2n) is 6.22. The molecule has 0 aliphatic rings. The van der Waals surface area contributed by atoms with Crippen LogP contribution in [0, 0.1) is 5.82 Å². The molecular formula is C23H18FNO5. The maximum atomic E-state index is 13.1. The van der Waals surface area contributed by atoms with E-state index in [-0.39, 0.29) is 5.56 Å². The van der Waals surface area contributed by atoms with Crippen LogP contribution in [0.25, 0.3) is 0 Å². The fourth-order valence-electron chi connectivity index (χ4n) is 2.50. The van der Waals surface area contributed by atoms with E-state index in [1.54, 1.807) is 24.3 Å². The first-order valence-electron chi connectivity index (χ1n) is 9.07. The third kappa shape index (κ3) is 6.00. The van der Waals surface area contributed by atoms with E-state index in [4.69, 9.17) is 9.47 Å². The zero-order valence-electron chi connectivity index (χ0n) is 15.8.